The van der Waals surface area contributed by atoms with Crippen molar-refractivity contribution < 1.29 is 50.0 Å². The summed E-state index contributed by atoms with van der Waals surface area (Å²) in [4.78, 5) is 0. The minimum atomic E-state index is -4.20. The maximum atomic E-state index is 13.0. The van der Waals surface area contributed by atoms with E-state index in [-0.39, 0.29) is 69.0 Å². The van der Waals surface area contributed by atoms with Gasteiger partial charge in [0, 0.05) is 43.1 Å². The first-order chi connectivity index (χ1) is 25.8. The molecule has 11 heteroatoms. The average Bonchev–Trinajstić information content (AvgIpc) is 3.15. The molecule has 2 aliphatic heterocycles. The minimum absolute atomic E-state index is 0.0177. The van der Waals surface area contributed by atoms with Crippen LogP contribution in [-0.4, -0.2) is 63.1 Å². The van der Waals surface area contributed by atoms with Gasteiger partial charge in [0.1, 0.15) is 0 Å². The number of rotatable bonds is 18. The highest BCUT2D eigenvalue weighted by Crippen LogP contribution is 2.56. The van der Waals surface area contributed by atoms with E-state index >= 15 is 0 Å². The van der Waals surface area contributed by atoms with Gasteiger partial charge in [-0.25, -0.2) is 0 Å². The molecule has 0 amide bonds. The predicted octanol–water partition coefficient (Wildman–Crippen LogP) is 12.7. The number of hydrogen-bond donors (Lipinski definition) is 0. The summed E-state index contributed by atoms with van der Waals surface area (Å²) in [7, 11) is 0. The number of ether oxygens (including phenoxy) is 5. The third-order valence-electron chi connectivity index (χ3n) is 13.9. The second-order valence-corrected chi connectivity index (χ2v) is 18.1. The van der Waals surface area contributed by atoms with E-state index < -0.39 is 36.8 Å². The first-order valence-corrected chi connectivity index (χ1v) is 22.1. The third kappa shape index (κ3) is 12.7. The fraction of sp³-hybridized carbons (Fsp3) is 1.00. The zero-order chi connectivity index (χ0) is 38.7. The van der Waals surface area contributed by atoms with Gasteiger partial charge in [-0.1, -0.05) is 58.8 Å². The molecule has 0 atom stereocenters. The summed E-state index contributed by atoms with van der Waals surface area (Å²) < 4.78 is 112. The Morgan fingerprint density at radius 2 is 0.926 bits per heavy atom. The highest BCUT2D eigenvalue weighted by Gasteiger charge is 2.67. The Morgan fingerprint density at radius 3 is 1.37 bits per heavy atom. The number of alkyl halides is 6. The van der Waals surface area contributed by atoms with Crippen molar-refractivity contribution >= 4 is 0 Å². The molecule has 5 nitrogen and oxygen atoms in total. The molecule has 0 N–H and O–H groups in total. The third-order valence-corrected chi connectivity index (χ3v) is 13.9. The van der Waals surface area contributed by atoms with Crippen LogP contribution in [0.25, 0.3) is 0 Å². The molecule has 0 spiro atoms. The predicted molar refractivity (Wildman–Crippen MR) is 198 cm³/mol. The number of unbranched alkanes of at least 4 members (excludes halogenated alkanes) is 5. The normalized spacial score (nSPS) is 37.3. The largest absolute Gasteiger partial charge is 0.389 e. The summed E-state index contributed by atoms with van der Waals surface area (Å²) in [5.74, 6) is -0.698. The van der Waals surface area contributed by atoms with E-state index in [0.29, 0.717) is 18.8 Å². The van der Waals surface area contributed by atoms with Crippen molar-refractivity contribution in [3.8, 4) is 0 Å². The van der Waals surface area contributed by atoms with E-state index in [0.717, 1.165) is 76.2 Å². The lowest BCUT2D eigenvalue weighted by atomic mass is 9.65. The summed E-state index contributed by atoms with van der Waals surface area (Å²) in [5.41, 5.74) is 0. The van der Waals surface area contributed by atoms with Crippen LogP contribution in [0.1, 0.15) is 168 Å². The molecule has 3 aliphatic carbocycles. The lowest BCUT2D eigenvalue weighted by Crippen LogP contribution is -2.72. The second kappa shape index (κ2) is 20.9. The smallest absolute Gasteiger partial charge is 0.378 e. The first kappa shape index (κ1) is 44.5. The van der Waals surface area contributed by atoms with Crippen molar-refractivity contribution in [3.63, 3.8) is 0 Å². The van der Waals surface area contributed by atoms with Crippen LogP contribution in [0, 0.1) is 41.4 Å². The molecule has 54 heavy (non-hydrogen) atoms. The molecule has 2 heterocycles. The van der Waals surface area contributed by atoms with Crippen molar-refractivity contribution in [1.82, 2.24) is 0 Å². The van der Waals surface area contributed by atoms with Gasteiger partial charge in [0.15, 0.2) is 0 Å². The molecular formula is C43H72F6O5. The highest BCUT2D eigenvalue weighted by molar-refractivity contribution is 5.04. The molecule has 3 saturated carbocycles. The molecule has 0 aromatic heterocycles. The van der Waals surface area contributed by atoms with Gasteiger partial charge in [0.25, 0.3) is 0 Å². The maximum absolute atomic E-state index is 13.0. The van der Waals surface area contributed by atoms with Gasteiger partial charge in [-0.15, -0.1) is 0 Å². The number of hydrogen-bond acceptors (Lipinski definition) is 5. The van der Waals surface area contributed by atoms with Gasteiger partial charge < -0.3 is 23.7 Å². The van der Waals surface area contributed by atoms with Gasteiger partial charge in [-0.2, -0.15) is 26.3 Å². The standard InChI is InChI=1S/C43H72F6O5/c1-3-4-5-6-7-8-27-50-39-23-21-38(22-24-39)43(53-30-34(31-54-43)12-10-26-41(47,48)49)42(51-28-33(29-52-42)11-9-25-40(44,45)46)37-19-17-36(18-20-37)35-15-13-32(2)14-16-35/h32-39H,3-31H2,1-2H3. The van der Waals surface area contributed by atoms with Crippen LogP contribution >= 0.6 is 0 Å². The van der Waals surface area contributed by atoms with Crippen molar-refractivity contribution in [2.24, 2.45) is 41.4 Å². The van der Waals surface area contributed by atoms with Crippen LogP contribution in [0.4, 0.5) is 26.3 Å². The van der Waals surface area contributed by atoms with Crippen LogP contribution in [0.5, 0.6) is 0 Å². The van der Waals surface area contributed by atoms with E-state index in [1.807, 2.05) is 0 Å². The van der Waals surface area contributed by atoms with Crippen LogP contribution < -0.4 is 0 Å². The molecule has 5 aliphatic rings. The molecule has 316 valence electrons. The molecule has 2 saturated heterocycles. The fourth-order valence-electron chi connectivity index (χ4n) is 10.6. The first-order valence-electron chi connectivity index (χ1n) is 22.1. The topological polar surface area (TPSA) is 46.2 Å². The van der Waals surface area contributed by atoms with Gasteiger partial charge in [-0.05, 0) is 114 Å². The molecule has 0 aromatic rings. The van der Waals surface area contributed by atoms with E-state index in [1.54, 1.807) is 0 Å². The SMILES string of the molecule is CCCCCCCCOC1CCC(C2(C3(C4CCC(C5CCC(C)CC5)CC4)OCC(CCCC(F)(F)F)CO3)OCC(CCCC(F)(F)F)CO2)CC1. The Kier molecular flexibility index (Phi) is 17.2. The van der Waals surface area contributed by atoms with Gasteiger partial charge in [-0.3, -0.25) is 0 Å². The summed E-state index contributed by atoms with van der Waals surface area (Å²) in [6, 6.07) is 0. The molecule has 5 fully saturated rings. The molecule has 0 unspecified atom stereocenters. The molecule has 0 radical (unpaired) electrons. The Morgan fingerprint density at radius 1 is 0.519 bits per heavy atom. The quantitative estimate of drug-likeness (QED) is 0.102. The average molecular weight is 783 g/mol. The van der Waals surface area contributed by atoms with E-state index in [9.17, 15) is 26.3 Å². The summed E-state index contributed by atoms with van der Waals surface area (Å²) in [6.45, 7) is 6.42. The van der Waals surface area contributed by atoms with Crippen LogP contribution in [-0.2, 0) is 23.7 Å². The van der Waals surface area contributed by atoms with Crippen molar-refractivity contribution in [3.05, 3.63) is 0 Å². The summed E-state index contributed by atoms with van der Waals surface area (Å²) in [6.07, 6.45) is 10.5. The zero-order valence-corrected chi connectivity index (χ0v) is 33.4. The summed E-state index contributed by atoms with van der Waals surface area (Å²) >= 11 is 0. The fourth-order valence-corrected chi connectivity index (χ4v) is 10.6. The Bertz CT molecular complexity index is 1030. The van der Waals surface area contributed by atoms with Crippen molar-refractivity contribution in [1.29, 1.82) is 0 Å². The maximum Gasteiger partial charge on any atom is 0.389 e. The monoisotopic (exact) mass is 783 g/mol. The second-order valence-electron chi connectivity index (χ2n) is 18.1. The van der Waals surface area contributed by atoms with Gasteiger partial charge >= 0.3 is 12.4 Å². The minimum Gasteiger partial charge on any atom is -0.378 e. The van der Waals surface area contributed by atoms with Crippen LogP contribution in [0.2, 0.25) is 0 Å². The van der Waals surface area contributed by atoms with Crippen LogP contribution in [0.3, 0.4) is 0 Å². The lowest BCUT2D eigenvalue weighted by Gasteiger charge is -2.60. The molecule has 0 aromatic carbocycles. The van der Waals surface area contributed by atoms with Crippen LogP contribution in [0.15, 0.2) is 0 Å². The Labute approximate surface area is 322 Å². The van der Waals surface area contributed by atoms with E-state index in [4.69, 9.17) is 23.7 Å². The Hall–Kier alpha value is -0.620. The van der Waals surface area contributed by atoms with Crippen molar-refractivity contribution in [2.45, 2.75) is 198 Å². The summed E-state index contributed by atoms with van der Waals surface area (Å²) in [5, 5.41) is 0. The van der Waals surface area contributed by atoms with E-state index in [2.05, 4.69) is 13.8 Å². The van der Waals surface area contributed by atoms with Gasteiger partial charge in [0.05, 0.1) is 32.5 Å². The molecular weight excluding hydrogens is 710 g/mol. The zero-order valence-electron chi connectivity index (χ0n) is 33.4. The van der Waals surface area contributed by atoms with Crippen molar-refractivity contribution in [2.75, 3.05) is 33.0 Å². The Balaban J connectivity index is 1.31. The molecule has 5 rings (SSSR count). The molecule has 0 bridgehead atoms. The van der Waals surface area contributed by atoms with E-state index in [1.165, 1.54) is 57.8 Å². The lowest BCUT2D eigenvalue weighted by molar-refractivity contribution is -0.476. The number of halogens is 6. The highest BCUT2D eigenvalue weighted by atomic mass is 19.4. The van der Waals surface area contributed by atoms with Gasteiger partial charge in [0.2, 0.25) is 11.6 Å².